The highest BCUT2D eigenvalue weighted by molar-refractivity contribution is 6.12. The van der Waals surface area contributed by atoms with Crippen LogP contribution in [-0.2, 0) is 0 Å². The SMILES string of the molecule is C/C=C\C=NC.C/C=C\C=NC.CC.c1cncc(-c2cccc(-c3ccc4c(c3)c3ncccc3n4-c3ccc4oc5ccc(-n6c7ccc(-c8cccc(-c9cccnc9)c8)cc7c7ncccc76)cc5c4c3)c2)c1. The molecule has 0 unspecified atom stereocenters. The van der Waals surface area contributed by atoms with Crippen LogP contribution >= 0.6 is 0 Å². The van der Waals surface area contributed by atoms with E-state index in [9.17, 15) is 0 Å². The number of fused-ring (bicyclic) bond motifs is 9. The number of rotatable bonds is 8. The quantitative estimate of drug-likeness (QED) is 0.141. The summed E-state index contributed by atoms with van der Waals surface area (Å²) in [5.41, 5.74) is 18.9. The molecule has 0 bridgehead atoms. The van der Waals surface area contributed by atoms with Gasteiger partial charge in [-0.1, -0.05) is 86.7 Å². The van der Waals surface area contributed by atoms with Crippen LogP contribution in [-0.4, -0.2) is 55.6 Å². The van der Waals surface area contributed by atoms with Gasteiger partial charge in [0.15, 0.2) is 0 Å². The fraction of sp³-hybridized carbons (Fsp3) is 0.0882. The molecule has 13 rings (SSSR count). The number of pyridine rings is 4. The van der Waals surface area contributed by atoms with E-state index in [1.165, 1.54) is 0 Å². The van der Waals surface area contributed by atoms with Gasteiger partial charge in [-0.2, -0.15) is 0 Å². The van der Waals surface area contributed by atoms with Crippen molar-refractivity contribution >= 4 is 78.2 Å². The van der Waals surface area contributed by atoms with Crippen molar-refractivity contribution in [3.63, 3.8) is 0 Å². The van der Waals surface area contributed by atoms with E-state index in [0.717, 1.165) is 122 Å². The molecule has 6 aromatic carbocycles. The summed E-state index contributed by atoms with van der Waals surface area (Å²) < 4.78 is 11.1. The first-order valence-electron chi connectivity index (χ1n) is 25.9. The Morgan fingerprint density at radius 1 is 0.390 bits per heavy atom. The van der Waals surface area contributed by atoms with E-state index < -0.39 is 0 Å². The van der Waals surface area contributed by atoms with E-state index in [2.05, 4.69) is 175 Å². The van der Waals surface area contributed by atoms with Crippen LogP contribution in [0.25, 0.3) is 122 Å². The van der Waals surface area contributed by atoms with Crippen molar-refractivity contribution in [2.24, 2.45) is 9.98 Å². The first kappa shape index (κ1) is 50.7. The van der Waals surface area contributed by atoms with E-state index in [1.54, 1.807) is 38.9 Å². The van der Waals surface area contributed by atoms with Gasteiger partial charge < -0.3 is 13.6 Å². The number of furan rings is 1. The summed E-state index contributed by atoms with van der Waals surface area (Å²) in [7, 11) is 3.50. The molecular weight excluding hydrogens is 945 g/mol. The molecule has 0 aliphatic carbocycles. The van der Waals surface area contributed by atoms with Crippen molar-refractivity contribution in [3.05, 3.63) is 231 Å². The fourth-order valence-electron chi connectivity index (χ4n) is 9.79. The van der Waals surface area contributed by atoms with Crippen LogP contribution < -0.4 is 0 Å². The number of hydrogen-bond donors (Lipinski definition) is 0. The van der Waals surface area contributed by atoms with Gasteiger partial charge in [0.1, 0.15) is 11.2 Å². The lowest BCUT2D eigenvalue weighted by atomic mass is 9.99. The monoisotopic (exact) mass is 1000 g/mol. The fourth-order valence-corrected chi connectivity index (χ4v) is 9.79. The van der Waals surface area contributed by atoms with Crippen LogP contribution in [0.3, 0.4) is 0 Å². The number of aliphatic imine (C=N–C) groups is 2. The van der Waals surface area contributed by atoms with Crippen LogP contribution in [0.4, 0.5) is 0 Å². The van der Waals surface area contributed by atoms with Gasteiger partial charge in [0, 0.05) is 108 Å². The molecule has 0 saturated carbocycles. The summed E-state index contributed by atoms with van der Waals surface area (Å²) in [6.45, 7) is 7.92. The lowest BCUT2D eigenvalue weighted by Gasteiger charge is -2.10. The summed E-state index contributed by atoms with van der Waals surface area (Å²) in [5, 5.41) is 4.28. The summed E-state index contributed by atoms with van der Waals surface area (Å²) in [5.74, 6) is 0. The summed E-state index contributed by atoms with van der Waals surface area (Å²) >= 11 is 0. The first-order chi connectivity index (χ1) is 38.0. The van der Waals surface area contributed by atoms with Crippen molar-refractivity contribution in [2.75, 3.05) is 14.1 Å². The molecule has 0 aliphatic heterocycles. The molecule has 376 valence electrons. The second kappa shape index (κ2) is 23.6. The van der Waals surface area contributed by atoms with Crippen LogP contribution in [0.5, 0.6) is 0 Å². The Morgan fingerprint density at radius 2 is 0.792 bits per heavy atom. The highest BCUT2D eigenvalue weighted by atomic mass is 16.3. The maximum atomic E-state index is 6.51. The lowest BCUT2D eigenvalue weighted by Crippen LogP contribution is -1.94. The number of aromatic nitrogens is 6. The van der Waals surface area contributed by atoms with E-state index in [4.69, 9.17) is 14.4 Å². The Hall–Kier alpha value is -9.86. The van der Waals surface area contributed by atoms with Gasteiger partial charge in [-0.15, -0.1) is 0 Å². The maximum absolute atomic E-state index is 6.51. The molecule has 13 aromatic rings. The zero-order valence-corrected chi connectivity index (χ0v) is 44.1. The third kappa shape index (κ3) is 10.4. The minimum absolute atomic E-state index is 0.836. The zero-order chi connectivity index (χ0) is 53.1. The molecule has 9 heteroatoms. The largest absolute Gasteiger partial charge is 0.456 e. The minimum Gasteiger partial charge on any atom is -0.456 e. The second-order valence-electron chi connectivity index (χ2n) is 17.9. The zero-order valence-electron chi connectivity index (χ0n) is 44.1. The van der Waals surface area contributed by atoms with Crippen LogP contribution in [0.2, 0.25) is 0 Å². The second-order valence-corrected chi connectivity index (χ2v) is 17.9. The molecule has 0 saturated heterocycles. The van der Waals surface area contributed by atoms with Crippen molar-refractivity contribution < 1.29 is 4.42 Å². The molecule has 0 aliphatic rings. The predicted octanol–water partition coefficient (Wildman–Crippen LogP) is 17.6. The van der Waals surface area contributed by atoms with Gasteiger partial charge in [-0.3, -0.25) is 29.9 Å². The average molecular weight is 1000 g/mol. The third-order valence-corrected chi connectivity index (χ3v) is 13.2. The smallest absolute Gasteiger partial charge is 0.135 e. The molecule has 0 fully saturated rings. The third-order valence-electron chi connectivity index (χ3n) is 13.2. The highest BCUT2D eigenvalue weighted by Crippen LogP contribution is 2.40. The number of benzene rings is 6. The molecule has 7 heterocycles. The van der Waals surface area contributed by atoms with E-state index in [-0.39, 0.29) is 0 Å². The topological polar surface area (TPSA) is 99.3 Å². The average Bonchev–Trinajstić information content (AvgIpc) is 4.27. The van der Waals surface area contributed by atoms with Crippen molar-refractivity contribution in [1.29, 1.82) is 0 Å². The van der Waals surface area contributed by atoms with Gasteiger partial charge in [0.2, 0.25) is 0 Å². The van der Waals surface area contributed by atoms with Gasteiger partial charge in [-0.25, -0.2) is 0 Å². The molecule has 9 nitrogen and oxygen atoms in total. The predicted molar refractivity (Wildman–Crippen MR) is 325 cm³/mol. The van der Waals surface area contributed by atoms with Crippen molar-refractivity contribution in [3.8, 4) is 55.9 Å². The van der Waals surface area contributed by atoms with Crippen molar-refractivity contribution in [2.45, 2.75) is 27.7 Å². The molecule has 0 spiro atoms. The minimum atomic E-state index is 0.836. The Bertz CT molecular complexity index is 4000. The van der Waals surface area contributed by atoms with Crippen LogP contribution in [0, 0.1) is 0 Å². The van der Waals surface area contributed by atoms with Gasteiger partial charge in [-0.05, 0) is 169 Å². The first-order valence-corrected chi connectivity index (χ1v) is 25.9. The Labute approximate surface area is 448 Å². The Morgan fingerprint density at radius 3 is 1.18 bits per heavy atom. The number of allylic oxidation sites excluding steroid dienone is 4. The molecule has 0 amide bonds. The lowest BCUT2D eigenvalue weighted by molar-refractivity contribution is 0.669. The standard InChI is InChI=1S/C56H34N6O.2C5H9N.C2H6/c1-7-35(27-37(9-1)41-11-3-23-57-33-41)39-15-19-49-47(29-39)55-51(13-5-25-59-55)61(49)43-17-21-53-45(31-43)46-32-44(18-22-54(46)63-53)62-50-20-16-40(30-48(50)56-52(62)14-6-26-60-56)36-8-2-10-38(28-36)42-12-4-24-58-34-42;2*1-3-4-5-6-2;1-2/h1-34H;2*3-5H,1-2H3;1-2H3/b;2*4-3-,6-5?;. The van der Waals surface area contributed by atoms with Crippen LogP contribution in [0.1, 0.15) is 27.7 Å². The molecule has 0 atom stereocenters. The Kier molecular flexibility index (Phi) is 15.5. The molecular formula is C68H58N8O. The van der Waals surface area contributed by atoms with Gasteiger partial charge >= 0.3 is 0 Å². The summed E-state index contributed by atoms with van der Waals surface area (Å²) in [4.78, 5) is 26.0. The van der Waals surface area contributed by atoms with Gasteiger partial charge in [0.25, 0.3) is 0 Å². The Balaban J connectivity index is 0.000000431. The summed E-state index contributed by atoms with van der Waals surface area (Å²) in [6.07, 6.45) is 22.3. The molecule has 7 aromatic heterocycles. The van der Waals surface area contributed by atoms with Crippen LogP contribution in [0.15, 0.2) is 246 Å². The maximum Gasteiger partial charge on any atom is 0.135 e. The number of hydrogen-bond acceptors (Lipinski definition) is 7. The highest BCUT2D eigenvalue weighted by Gasteiger charge is 2.19. The summed E-state index contributed by atoms with van der Waals surface area (Å²) in [6, 6.07) is 60.1. The van der Waals surface area contributed by atoms with Crippen molar-refractivity contribution in [1.82, 2.24) is 29.1 Å². The molecule has 0 radical (unpaired) electrons. The van der Waals surface area contributed by atoms with E-state index in [0.29, 0.717) is 0 Å². The van der Waals surface area contributed by atoms with E-state index in [1.807, 2.05) is 101 Å². The normalized spacial score (nSPS) is 11.6. The van der Waals surface area contributed by atoms with Gasteiger partial charge in [0.05, 0.1) is 33.1 Å². The molecule has 77 heavy (non-hydrogen) atoms. The van der Waals surface area contributed by atoms with E-state index >= 15 is 0 Å². The number of nitrogens with zero attached hydrogens (tertiary/aromatic N) is 8. The molecule has 0 N–H and O–H groups in total.